The molecule has 0 aromatic carbocycles. The highest BCUT2D eigenvalue weighted by molar-refractivity contribution is 5.59. The number of aryl methyl sites for hydroxylation is 1. The van der Waals surface area contributed by atoms with Gasteiger partial charge in [0, 0.05) is 30.4 Å². The lowest BCUT2D eigenvalue weighted by Crippen LogP contribution is -2.45. The van der Waals surface area contributed by atoms with Crippen LogP contribution in [0.5, 0.6) is 0 Å². The molecule has 2 heterocycles. The van der Waals surface area contributed by atoms with Crippen LogP contribution >= 0.6 is 0 Å². The maximum absolute atomic E-state index is 11.3. The number of anilines is 1. The largest absolute Gasteiger partial charge is 0.346 e. The van der Waals surface area contributed by atoms with E-state index in [9.17, 15) is 10.1 Å². The van der Waals surface area contributed by atoms with Gasteiger partial charge in [0.1, 0.15) is 0 Å². The molecule has 1 aliphatic carbocycles. The second kappa shape index (κ2) is 5.97. The quantitative estimate of drug-likeness (QED) is 0.666. The van der Waals surface area contributed by atoms with E-state index in [0.717, 1.165) is 38.0 Å². The summed E-state index contributed by atoms with van der Waals surface area (Å²) in [5, 5.41) is 14.8. The summed E-state index contributed by atoms with van der Waals surface area (Å²) in [4.78, 5) is 17.6. The van der Waals surface area contributed by atoms with Gasteiger partial charge in [0.15, 0.2) is 0 Å². The molecule has 1 N–H and O–H groups in total. The Morgan fingerprint density at radius 1 is 1.38 bits per heavy atom. The number of piperidine rings is 1. The Bertz CT molecular complexity index is 524. The van der Waals surface area contributed by atoms with Crippen molar-refractivity contribution in [2.24, 2.45) is 0 Å². The fourth-order valence-electron chi connectivity index (χ4n) is 3.00. The number of rotatable bonds is 5. The van der Waals surface area contributed by atoms with Gasteiger partial charge in [-0.25, -0.2) is 4.98 Å². The Morgan fingerprint density at radius 2 is 2.19 bits per heavy atom. The third-order valence-electron chi connectivity index (χ3n) is 4.28. The standard InChI is InChI=1S/C15H22N4O2/c1-11-5-8-14(19(20)21)15(17-11)18(13-6-7-13)10-12-4-2-3-9-16-12/h5,8,12-13,16H,2-4,6-7,9-10H2,1H3. The minimum absolute atomic E-state index is 0.128. The first-order valence-electron chi connectivity index (χ1n) is 7.77. The number of hydrogen-bond acceptors (Lipinski definition) is 5. The number of nitro groups is 1. The lowest BCUT2D eigenvalue weighted by molar-refractivity contribution is -0.384. The van der Waals surface area contributed by atoms with Crippen molar-refractivity contribution in [1.29, 1.82) is 0 Å². The van der Waals surface area contributed by atoms with Crippen LogP contribution in [0.2, 0.25) is 0 Å². The van der Waals surface area contributed by atoms with Crippen LogP contribution in [0.1, 0.15) is 37.8 Å². The fourth-order valence-corrected chi connectivity index (χ4v) is 3.00. The van der Waals surface area contributed by atoms with Crippen molar-refractivity contribution < 1.29 is 4.92 Å². The van der Waals surface area contributed by atoms with Gasteiger partial charge in [-0.3, -0.25) is 10.1 Å². The lowest BCUT2D eigenvalue weighted by Gasteiger charge is -2.31. The van der Waals surface area contributed by atoms with E-state index in [-0.39, 0.29) is 10.6 Å². The predicted molar refractivity (Wildman–Crippen MR) is 81.6 cm³/mol. The fraction of sp³-hybridized carbons (Fsp3) is 0.667. The van der Waals surface area contributed by atoms with E-state index in [2.05, 4.69) is 15.2 Å². The van der Waals surface area contributed by atoms with E-state index in [4.69, 9.17) is 0 Å². The van der Waals surface area contributed by atoms with Crippen molar-refractivity contribution in [3.63, 3.8) is 0 Å². The zero-order chi connectivity index (χ0) is 14.8. The van der Waals surface area contributed by atoms with Crippen LogP contribution in [0.3, 0.4) is 0 Å². The zero-order valence-electron chi connectivity index (χ0n) is 12.4. The molecule has 2 aliphatic rings. The number of pyridine rings is 1. The summed E-state index contributed by atoms with van der Waals surface area (Å²) in [6, 6.07) is 4.13. The first kappa shape index (κ1) is 14.3. The Morgan fingerprint density at radius 3 is 2.81 bits per heavy atom. The summed E-state index contributed by atoms with van der Waals surface area (Å²) in [6.07, 6.45) is 5.82. The van der Waals surface area contributed by atoms with E-state index in [1.165, 1.54) is 12.8 Å². The summed E-state index contributed by atoms with van der Waals surface area (Å²) < 4.78 is 0. The zero-order valence-corrected chi connectivity index (χ0v) is 12.4. The van der Waals surface area contributed by atoms with E-state index >= 15 is 0 Å². The van der Waals surface area contributed by atoms with Crippen LogP contribution in [0.25, 0.3) is 0 Å². The minimum atomic E-state index is -0.314. The summed E-state index contributed by atoms with van der Waals surface area (Å²) in [7, 11) is 0. The topological polar surface area (TPSA) is 71.3 Å². The molecule has 1 aromatic heterocycles. The second-order valence-electron chi connectivity index (χ2n) is 6.08. The van der Waals surface area contributed by atoms with Crippen molar-refractivity contribution in [3.05, 3.63) is 27.9 Å². The first-order valence-corrected chi connectivity index (χ1v) is 7.77. The highest BCUT2D eigenvalue weighted by atomic mass is 16.6. The number of nitrogens with one attached hydrogen (secondary N) is 1. The van der Waals surface area contributed by atoms with Gasteiger partial charge in [-0.2, -0.15) is 0 Å². The van der Waals surface area contributed by atoms with E-state index in [1.54, 1.807) is 12.1 Å². The number of hydrogen-bond donors (Lipinski definition) is 1. The molecule has 0 bridgehead atoms. The average molecular weight is 290 g/mol. The summed E-state index contributed by atoms with van der Waals surface area (Å²) >= 11 is 0. The van der Waals surface area contributed by atoms with Crippen molar-refractivity contribution in [3.8, 4) is 0 Å². The van der Waals surface area contributed by atoms with Gasteiger partial charge >= 0.3 is 5.69 Å². The van der Waals surface area contributed by atoms with Crippen LogP contribution < -0.4 is 10.2 Å². The van der Waals surface area contributed by atoms with E-state index in [0.29, 0.717) is 17.9 Å². The summed E-state index contributed by atoms with van der Waals surface area (Å²) in [5.74, 6) is 0.551. The Hall–Kier alpha value is -1.69. The molecule has 1 aromatic rings. The third-order valence-corrected chi connectivity index (χ3v) is 4.28. The van der Waals surface area contributed by atoms with E-state index < -0.39 is 0 Å². The lowest BCUT2D eigenvalue weighted by atomic mass is 10.0. The predicted octanol–water partition coefficient (Wildman–Crippen LogP) is 2.41. The first-order chi connectivity index (χ1) is 10.1. The summed E-state index contributed by atoms with van der Waals surface area (Å²) in [6.45, 7) is 3.76. The Balaban J connectivity index is 1.86. The maximum atomic E-state index is 11.3. The van der Waals surface area contributed by atoms with Crippen molar-refractivity contribution >= 4 is 11.5 Å². The Kier molecular flexibility index (Phi) is 4.05. The van der Waals surface area contributed by atoms with Crippen LogP contribution in [0.15, 0.2) is 12.1 Å². The van der Waals surface area contributed by atoms with Crippen LogP contribution in [-0.4, -0.2) is 35.1 Å². The summed E-state index contributed by atoms with van der Waals surface area (Å²) in [5.41, 5.74) is 0.959. The van der Waals surface area contributed by atoms with Gasteiger partial charge in [0.25, 0.3) is 0 Å². The SMILES string of the molecule is Cc1ccc([N+](=O)[O-])c(N(CC2CCCCN2)C2CC2)n1. The highest BCUT2D eigenvalue weighted by Gasteiger charge is 2.35. The molecule has 1 atom stereocenters. The monoisotopic (exact) mass is 290 g/mol. The molecule has 21 heavy (non-hydrogen) atoms. The van der Waals surface area contributed by atoms with Crippen LogP contribution in [0, 0.1) is 17.0 Å². The molecule has 1 aliphatic heterocycles. The Labute approximate surface area is 124 Å². The second-order valence-corrected chi connectivity index (χ2v) is 6.08. The van der Waals surface area contributed by atoms with Gasteiger partial charge in [-0.05, 0) is 45.2 Å². The van der Waals surface area contributed by atoms with Gasteiger partial charge in [-0.1, -0.05) is 6.42 Å². The van der Waals surface area contributed by atoms with Crippen molar-refractivity contribution in [2.75, 3.05) is 18.0 Å². The molecule has 0 spiro atoms. The third kappa shape index (κ3) is 3.32. The smallest absolute Gasteiger partial charge is 0.311 e. The molecule has 0 radical (unpaired) electrons. The number of nitrogens with zero attached hydrogens (tertiary/aromatic N) is 3. The van der Waals surface area contributed by atoms with Gasteiger partial charge in [0.05, 0.1) is 4.92 Å². The van der Waals surface area contributed by atoms with Crippen LogP contribution in [-0.2, 0) is 0 Å². The van der Waals surface area contributed by atoms with Crippen molar-refractivity contribution in [1.82, 2.24) is 10.3 Å². The minimum Gasteiger partial charge on any atom is -0.346 e. The highest BCUT2D eigenvalue weighted by Crippen LogP contribution is 2.36. The maximum Gasteiger partial charge on any atom is 0.311 e. The molecular formula is C15H22N4O2. The van der Waals surface area contributed by atoms with Gasteiger partial charge in [-0.15, -0.1) is 0 Å². The molecule has 1 unspecified atom stereocenters. The van der Waals surface area contributed by atoms with E-state index in [1.807, 2.05) is 6.92 Å². The van der Waals surface area contributed by atoms with Gasteiger partial charge < -0.3 is 10.2 Å². The normalized spacial score (nSPS) is 22.0. The molecule has 114 valence electrons. The number of aromatic nitrogens is 1. The molecule has 1 saturated heterocycles. The molecule has 6 nitrogen and oxygen atoms in total. The molecule has 0 amide bonds. The van der Waals surface area contributed by atoms with Crippen molar-refractivity contribution in [2.45, 2.75) is 51.1 Å². The molecular weight excluding hydrogens is 268 g/mol. The van der Waals surface area contributed by atoms with Crippen LogP contribution in [0.4, 0.5) is 11.5 Å². The molecule has 6 heteroatoms. The molecule has 2 fully saturated rings. The molecule has 3 rings (SSSR count). The average Bonchev–Trinajstić information content (AvgIpc) is 3.30. The van der Waals surface area contributed by atoms with Gasteiger partial charge in [0.2, 0.25) is 5.82 Å². The molecule has 1 saturated carbocycles.